The molecule has 1 aromatic rings. The minimum Gasteiger partial charge on any atom is -0.465 e. The van der Waals surface area contributed by atoms with Crippen LogP contribution in [0.5, 0.6) is 0 Å². The van der Waals surface area contributed by atoms with Crippen LogP contribution in [0.1, 0.15) is 26.5 Å². The zero-order valence-corrected chi connectivity index (χ0v) is 15.2. The molecule has 1 saturated heterocycles. The van der Waals surface area contributed by atoms with E-state index >= 15 is 0 Å². The normalized spacial score (nSPS) is 16.2. The molecule has 7 heteroatoms. The first-order valence-electron chi connectivity index (χ1n) is 8.53. The van der Waals surface area contributed by atoms with Crippen LogP contribution >= 0.6 is 0 Å². The standard InChI is InChI=1S/C18H27N3O4/c1-18(2,3)25-17(23)21-12-10-20(11-13-21)9-8-19-16(22)7-6-15-5-4-14-24-15/h4-7,14H,8-13H2,1-3H3,(H,19,22)/b7-6+. The van der Waals surface area contributed by atoms with Gasteiger partial charge >= 0.3 is 6.09 Å². The van der Waals surface area contributed by atoms with Crippen molar-refractivity contribution in [2.24, 2.45) is 0 Å². The van der Waals surface area contributed by atoms with Gasteiger partial charge in [-0.05, 0) is 39.0 Å². The molecular weight excluding hydrogens is 322 g/mol. The average Bonchev–Trinajstić information content (AvgIpc) is 3.05. The van der Waals surface area contributed by atoms with Crippen LogP contribution in [-0.2, 0) is 9.53 Å². The Morgan fingerprint density at radius 1 is 1.28 bits per heavy atom. The first-order valence-corrected chi connectivity index (χ1v) is 8.53. The van der Waals surface area contributed by atoms with E-state index in [9.17, 15) is 9.59 Å². The Bertz CT molecular complexity index is 582. The third-order valence-corrected chi connectivity index (χ3v) is 3.69. The van der Waals surface area contributed by atoms with Crippen molar-refractivity contribution in [1.29, 1.82) is 0 Å². The largest absolute Gasteiger partial charge is 0.465 e. The molecule has 25 heavy (non-hydrogen) atoms. The quantitative estimate of drug-likeness (QED) is 0.823. The molecular formula is C18H27N3O4. The Kier molecular flexibility index (Phi) is 6.64. The number of carbonyl (C=O) groups excluding carboxylic acids is 2. The predicted molar refractivity (Wildman–Crippen MR) is 95.0 cm³/mol. The summed E-state index contributed by atoms with van der Waals surface area (Å²) in [7, 11) is 0. The topological polar surface area (TPSA) is 75.0 Å². The first-order chi connectivity index (χ1) is 11.8. The van der Waals surface area contributed by atoms with Crippen LogP contribution in [0.25, 0.3) is 6.08 Å². The molecule has 0 bridgehead atoms. The number of nitrogens with zero attached hydrogens (tertiary/aromatic N) is 2. The fourth-order valence-corrected chi connectivity index (χ4v) is 2.42. The molecule has 0 atom stereocenters. The Morgan fingerprint density at radius 3 is 2.60 bits per heavy atom. The van der Waals surface area contributed by atoms with Gasteiger partial charge in [0, 0.05) is 45.3 Å². The van der Waals surface area contributed by atoms with Crippen LogP contribution in [0.15, 0.2) is 28.9 Å². The highest BCUT2D eigenvalue weighted by Gasteiger charge is 2.25. The molecule has 7 nitrogen and oxygen atoms in total. The molecule has 1 aliphatic rings. The highest BCUT2D eigenvalue weighted by atomic mass is 16.6. The fourth-order valence-electron chi connectivity index (χ4n) is 2.42. The highest BCUT2D eigenvalue weighted by Crippen LogP contribution is 2.11. The summed E-state index contributed by atoms with van der Waals surface area (Å²) in [5.41, 5.74) is -0.471. The predicted octanol–water partition coefficient (Wildman–Crippen LogP) is 1.96. The molecule has 0 spiro atoms. The summed E-state index contributed by atoms with van der Waals surface area (Å²) in [6.07, 6.45) is 4.39. The van der Waals surface area contributed by atoms with Gasteiger partial charge in [0.15, 0.2) is 0 Å². The molecule has 2 amide bonds. The molecule has 1 N–H and O–H groups in total. The van der Waals surface area contributed by atoms with Gasteiger partial charge in [0.05, 0.1) is 6.26 Å². The van der Waals surface area contributed by atoms with Crippen molar-refractivity contribution in [3.63, 3.8) is 0 Å². The second kappa shape index (κ2) is 8.71. The molecule has 0 aromatic carbocycles. The van der Waals surface area contributed by atoms with E-state index in [4.69, 9.17) is 9.15 Å². The van der Waals surface area contributed by atoms with E-state index < -0.39 is 5.60 Å². The van der Waals surface area contributed by atoms with Crippen LogP contribution in [-0.4, -0.2) is 66.7 Å². The number of furan rings is 1. The average molecular weight is 349 g/mol. The number of hydrogen-bond donors (Lipinski definition) is 1. The van der Waals surface area contributed by atoms with Gasteiger partial charge in [-0.25, -0.2) is 4.79 Å². The van der Waals surface area contributed by atoms with Crippen molar-refractivity contribution >= 4 is 18.1 Å². The van der Waals surface area contributed by atoms with Crippen LogP contribution in [0.3, 0.4) is 0 Å². The third kappa shape index (κ3) is 7.01. The van der Waals surface area contributed by atoms with Gasteiger partial charge < -0.3 is 19.4 Å². The maximum atomic E-state index is 12.0. The fraction of sp³-hybridized carbons (Fsp3) is 0.556. The maximum absolute atomic E-state index is 12.0. The van der Waals surface area contributed by atoms with Crippen LogP contribution in [0, 0.1) is 0 Å². The van der Waals surface area contributed by atoms with Crippen molar-refractivity contribution < 1.29 is 18.7 Å². The summed E-state index contributed by atoms with van der Waals surface area (Å²) in [6.45, 7) is 9.74. The molecule has 2 rings (SSSR count). The SMILES string of the molecule is CC(C)(C)OC(=O)N1CCN(CCNC(=O)/C=C/c2ccco2)CC1. The van der Waals surface area contributed by atoms with E-state index in [-0.39, 0.29) is 12.0 Å². The number of nitrogens with one attached hydrogen (secondary N) is 1. The van der Waals surface area contributed by atoms with E-state index in [1.54, 1.807) is 29.4 Å². The third-order valence-electron chi connectivity index (χ3n) is 3.69. The second-order valence-corrected chi connectivity index (χ2v) is 6.95. The van der Waals surface area contributed by atoms with E-state index in [0.717, 1.165) is 19.6 Å². The number of piperazine rings is 1. The summed E-state index contributed by atoms with van der Waals surface area (Å²) in [6, 6.07) is 3.56. The number of rotatable bonds is 5. The lowest BCUT2D eigenvalue weighted by Crippen LogP contribution is -2.51. The Balaban J connectivity index is 1.62. The molecule has 0 unspecified atom stereocenters. The van der Waals surface area contributed by atoms with Crippen molar-refractivity contribution in [2.75, 3.05) is 39.3 Å². The Labute approximate surface area is 148 Å². The van der Waals surface area contributed by atoms with Crippen LogP contribution in [0.2, 0.25) is 0 Å². The molecule has 2 heterocycles. The lowest BCUT2D eigenvalue weighted by atomic mass is 10.2. The minimum atomic E-state index is -0.471. The van der Waals surface area contributed by atoms with Gasteiger partial charge in [-0.15, -0.1) is 0 Å². The molecule has 138 valence electrons. The summed E-state index contributed by atoms with van der Waals surface area (Å²) >= 11 is 0. The summed E-state index contributed by atoms with van der Waals surface area (Å²) in [5.74, 6) is 0.497. The lowest BCUT2D eigenvalue weighted by Gasteiger charge is -2.35. The molecule has 0 radical (unpaired) electrons. The zero-order valence-electron chi connectivity index (χ0n) is 15.2. The van der Waals surface area contributed by atoms with Crippen molar-refractivity contribution in [3.8, 4) is 0 Å². The van der Waals surface area contributed by atoms with E-state index in [1.165, 1.54) is 6.08 Å². The van der Waals surface area contributed by atoms with Gasteiger partial charge in [-0.2, -0.15) is 0 Å². The summed E-state index contributed by atoms with van der Waals surface area (Å²) in [5, 5.41) is 2.84. The molecule has 0 aliphatic carbocycles. The Hall–Kier alpha value is -2.28. The maximum Gasteiger partial charge on any atom is 0.410 e. The number of ether oxygens (including phenoxy) is 1. The number of amides is 2. The van der Waals surface area contributed by atoms with Gasteiger partial charge in [0.25, 0.3) is 0 Å². The Morgan fingerprint density at radius 2 is 2.00 bits per heavy atom. The number of hydrogen-bond acceptors (Lipinski definition) is 5. The van der Waals surface area contributed by atoms with Crippen LogP contribution < -0.4 is 5.32 Å². The van der Waals surface area contributed by atoms with Crippen LogP contribution in [0.4, 0.5) is 4.79 Å². The van der Waals surface area contributed by atoms with Crippen molar-refractivity contribution in [2.45, 2.75) is 26.4 Å². The smallest absolute Gasteiger partial charge is 0.410 e. The number of carbonyl (C=O) groups is 2. The first kappa shape index (κ1) is 19.1. The zero-order chi connectivity index (χ0) is 18.3. The highest BCUT2D eigenvalue weighted by molar-refractivity contribution is 5.91. The summed E-state index contributed by atoms with van der Waals surface area (Å²) < 4.78 is 10.5. The van der Waals surface area contributed by atoms with Crippen molar-refractivity contribution in [3.05, 3.63) is 30.2 Å². The van der Waals surface area contributed by atoms with Gasteiger partial charge in [-0.3, -0.25) is 9.69 Å². The van der Waals surface area contributed by atoms with Gasteiger partial charge in [0.2, 0.25) is 5.91 Å². The summed E-state index contributed by atoms with van der Waals surface area (Å²) in [4.78, 5) is 27.7. The molecule has 1 aliphatic heterocycles. The van der Waals surface area contributed by atoms with E-state index in [0.29, 0.717) is 25.4 Å². The minimum absolute atomic E-state index is 0.149. The van der Waals surface area contributed by atoms with Crippen molar-refractivity contribution in [1.82, 2.24) is 15.1 Å². The van der Waals surface area contributed by atoms with E-state index in [2.05, 4.69) is 10.2 Å². The van der Waals surface area contributed by atoms with E-state index in [1.807, 2.05) is 20.8 Å². The monoisotopic (exact) mass is 349 g/mol. The van der Waals surface area contributed by atoms with Gasteiger partial charge in [-0.1, -0.05) is 0 Å². The molecule has 0 saturated carbocycles. The lowest BCUT2D eigenvalue weighted by molar-refractivity contribution is -0.116. The molecule has 1 aromatic heterocycles. The van der Waals surface area contributed by atoms with Gasteiger partial charge in [0.1, 0.15) is 11.4 Å². The molecule has 1 fully saturated rings. The second-order valence-electron chi connectivity index (χ2n) is 6.95.